The average molecular weight is 470 g/mol. The van der Waals surface area contributed by atoms with Gasteiger partial charge in [0, 0.05) is 32.8 Å². The molecule has 1 N–H and O–H groups in total. The molecule has 0 spiro atoms. The lowest BCUT2D eigenvalue weighted by Crippen LogP contribution is -2.34. The van der Waals surface area contributed by atoms with E-state index < -0.39 is 6.10 Å². The minimum absolute atomic E-state index is 0.360. The molecule has 7 heteroatoms. The topological polar surface area (TPSA) is 59.8 Å². The minimum atomic E-state index is -0.418. The van der Waals surface area contributed by atoms with Crippen LogP contribution in [-0.2, 0) is 17.7 Å². The molecule has 0 saturated carbocycles. The first-order chi connectivity index (χ1) is 16.5. The van der Waals surface area contributed by atoms with Crippen molar-refractivity contribution in [1.82, 2.24) is 14.7 Å². The fourth-order valence-corrected chi connectivity index (χ4v) is 3.92. The predicted molar refractivity (Wildman–Crippen MR) is 132 cm³/mol. The van der Waals surface area contributed by atoms with Crippen LogP contribution in [0.1, 0.15) is 44.4 Å². The van der Waals surface area contributed by atoms with E-state index >= 15 is 0 Å². The van der Waals surface area contributed by atoms with Gasteiger partial charge in [-0.1, -0.05) is 51.0 Å². The molecule has 1 heterocycles. The molecular weight excluding hydrogens is 433 g/mol. The third kappa shape index (κ3) is 7.13. The second-order valence-corrected chi connectivity index (χ2v) is 8.41. The van der Waals surface area contributed by atoms with Crippen molar-refractivity contribution in [3.8, 4) is 17.3 Å². The van der Waals surface area contributed by atoms with Gasteiger partial charge < -0.3 is 14.6 Å². The molecule has 184 valence electrons. The SMILES string of the molecule is CCCC[C@@H](O)CN(CCOC)Cc1c(CC)nn(-c2ccccc2)c1Oc1cccc(F)c1. The number of halogens is 1. The second kappa shape index (κ2) is 13.2. The summed E-state index contributed by atoms with van der Waals surface area (Å²) in [6, 6.07) is 15.9. The molecule has 0 fully saturated rings. The molecule has 0 aliphatic rings. The van der Waals surface area contributed by atoms with E-state index in [1.54, 1.807) is 23.9 Å². The number of hydrogen-bond acceptors (Lipinski definition) is 5. The molecule has 2 aromatic carbocycles. The number of hydrogen-bond donors (Lipinski definition) is 1. The lowest BCUT2D eigenvalue weighted by molar-refractivity contribution is 0.0786. The zero-order valence-electron chi connectivity index (χ0n) is 20.4. The van der Waals surface area contributed by atoms with Crippen LogP contribution < -0.4 is 4.74 Å². The molecule has 0 aliphatic carbocycles. The van der Waals surface area contributed by atoms with Crippen LogP contribution in [0.4, 0.5) is 4.39 Å². The number of aliphatic hydroxyl groups excluding tert-OH is 1. The Morgan fingerprint density at radius 3 is 2.59 bits per heavy atom. The van der Waals surface area contributed by atoms with Gasteiger partial charge in [0.25, 0.3) is 0 Å². The Hall–Kier alpha value is -2.74. The number of para-hydroxylation sites is 1. The van der Waals surface area contributed by atoms with Gasteiger partial charge in [-0.15, -0.1) is 0 Å². The normalized spacial score (nSPS) is 12.3. The van der Waals surface area contributed by atoms with Crippen molar-refractivity contribution in [3.63, 3.8) is 0 Å². The van der Waals surface area contributed by atoms with Crippen molar-refractivity contribution >= 4 is 0 Å². The summed E-state index contributed by atoms with van der Waals surface area (Å²) in [5.41, 5.74) is 2.69. The van der Waals surface area contributed by atoms with E-state index in [1.807, 2.05) is 30.3 Å². The maximum absolute atomic E-state index is 13.9. The predicted octanol–water partition coefficient (Wildman–Crippen LogP) is 5.37. The first-order valence-corrected chi connectivity index (χ1v) is 12.0. The third-order valence-electron chi connectivity index (χ3n) is 5.72. The number of benzene rings is 2. The molecule has 3 aromatic rings. The van der Waals surface area contributed by atoms with Gasteiger partial charge in [0.15, 0.2) is 0 Å². The van der Waals surface area contributed by atoms with E-state index in [-0.39, 0.29) is 5.82 Å². The Labute approximate surface area is 201 Å². The highest BCUT2D eigenvalue weighted by molar-refractivity contribution is 5.43. The van der Waals surface area contributed by atoms with Gasteiger partial charge in [-0.2, -0.15) is 5.10 Å². The Bertz CT molecular complexity index is 1010. The highest BCUT2D eigenvalue weighted by Crippen LogP contribution is 2.32. The summed E-state index contributed by atoms with van der Waals surface area (Å²) in [5, 5.41) is 15.5. The number of aryl methyl sites for hydroxylation is 1. The molecule has 1 aromatic heterocycles. The molecule has 3 rings (SSSR count). The molecule has 0 unspecified atom stereocenters. The van der Waals surface area contributed by atoms with Gasteiger partial charge in [0.2, 0.25) is 5.88 Å². The smallest absolute Gasteiger partial charge is 0.227 e. The maximum Gasteiger partial charge on any atom is 0.227 e. The van der Waals surface area contributed by atoms with Crippen LogP contribution in [-0.4, -0.2) is 52.7 Å². The highest BCUT2D eigenvalue weighted by atomic mass is 19.1. The zero-order valence-corrected chi connectivity index (χ0v) is 20.4. The number of nitrogens with zero attached hydrogens (tertiary/aromatic N) is 3. The van der Waals surface area contributed by atoms with Crippen molar-refractivity contribution in [2.45, 2.75) is 52.2 Å². The summed E-state index contributed by atoms with van der Waals surface area (Å²) in [6.07, 6.45) is 3.09. The van der Waals surface area contributed by atoms with Gasteiger partial charge in [-0.05, 0) is 37.1 Å². The molecule has 0 amide bonds. The Morgan fingerprint density at radius 1 is 1.12 bits per heavy atom. The van der Waals surface area contributed by atoms with E-state index in [0.29, 0.717) is 44.3 Å². The molecule has 0 bridgehead atoms. The quantitative estimate of drug-likeness (QED) is 0.344. The highest BCUT2D eigenvalue weighted by Gasteiger charge is 2.23. The molecule has 34 heavy (non-hydrogen) atoms. The number of methoxy groups -OCH3 is 1. The summed E-state index contributed by atoms with van der Waals surface area (Å²) in [6.45, 7) is 6.46. The summed E-state index contributed by atoms with van der Waals surface area (Å²) in [7, 11) is 1.68. The lowest BCUT2D eigenvalue weighted by Gasteiger charge is -2.25. The number of aromatic nitrogens is 2. The van der Waals surface area contributed by atoms with E-state index in [4.69, 9.17) is 14.6 Å². The number of ether oxygens (including phenoxy) is 2. The van der Waals surface area contributed by atoms with Gasteiger partial charge in [0.05, 0.1) is 29.7 Å². The molecular formula is C27H36FN3O3. The van der Waals surface area contributed by atoms with Crippen molar-refractivity contribution in [3.05, 3.63) is 71.7 Å². The van der Waals surface area contributed by atoms with Gasteiger partial charge in [-0.25, -0.2) is 9.07 Å². The second-order valence-electron chi connectivity index (χ2n) is 8.41. The van der Waals surface area contributed by atoms with E-state index in [9.17, 15) is 9.50 Å². The van der Waals surface area contributed by atoms with Gasteiger partial charge >= 0.3 is 0 Å². The Morgan fingerprint density at radius 2 is 1.91 bits per heavy atom. The maximum atomic E-state index is 13.9. The Balaban J connectivity index is 1.99. The first-order valence-electron chi connectivity index (χ1n) is 12.0. The fourth-order valence-electron chi connectivity index (χ4n) is 3.92. The zero-order chi connectivity index (χ0) is 24.3. The number of rotatable bonds is 14. The van der Waals surface area contributed by atoms with Crippen molar-refractivity contribution in [2.24, 2.45) is 0 Å². The largest absolute Gasteiger partial charge is 0.438 e. The summed E-state index contributed by atoms with van der Waals surface area (Å²) in [5.74, 6) is 0.604. The van der Waals surface area contributed by atoms with Crippen LogP contribution >= 0.6 is 0 Å². The van der Waals surface area contributed by atoms with Crippen LogP contribution in [0.25, 0.3) is 5.69 Å². The Kier molecular flexibility index (Phi) is 10.1. The van der Waals surface area contributed by atoms with Gasteiger partial charge in [0.1, 0.15) is 11.6 Å². The van der Waals surface area contributed by atoms with Crippen LogP contribution in [0.2, 0.25) is 0 Å². The van der Waals surface area contributed by atoms with E-state index in [0.717, 1.165) is 36.2 Å². The van der Waals surface area contributed by atoms with Crippen LogP contribution in [0, 0.1) is 5.82 Å². The summed E-state index contributed by atoms with van der Waals surface area (Å²) >= 11 is 0. The van der Waals surface area contributed by atoms with Crippen LogP contribution in [0.5, 0.6) is 11.6 Å². The standard InChI is InChI=1S/C27H36FN3O3/c1-4-6-14-23(32)19-30(16-17-33-3)20-25-26(5-2)29-31(22-12-8-7-9-13-22)27(25)34-24-15-10-11-21(28)18-24/h7-13,15,18,23,32H,4-6,14,16-17,19-20H2,1-3H3/t23-/m1/s1. The van der Waals surface area contributed by atoms with Gasteiger partial charge in [-0.3, -0.25) is 4.90 Å². The number of aliphatic hydroxyl groups is 1. The van der Waals surface area contributed by atoms with E-state index in [1.165, 1.54) is 12.1 Å². The van der Waals surface area contributed by atoms with Crippen molar-refractivity contribution in [1.29, 1.82) is 0 Å². The van der Waals surface area contributed by atoms with E-state index in [2.05, 4.69) is 18.7 Å². The number of unbranched alkanes of at least 4 members (excludes halogenated alkanes) is 1. The average Bonchev–Trinajstić information content (AvgIpc) is 3.18. The van der Waals surface area contributed by atoms with Crippen molar-refractivity contribution in [2.75, 3.05) is 26.8 Å². The van der Waals surface area contributed by atoms with Crippen LogP contribution in [0.3, 0.4) is 0 Å². The molecule has 0 aliphatic heterocycles. The van der Waals surface area contributed by atoms with Crippen LogP contribution in [0.15, 0.2) is 54.6 Å². The molecule has 6 nitrogen and oxygen atoms in total. The monoisotopic (exact) mass is 469 g/mol. The van der Waals surface area contributed by atoms with Crippen molar-refractivity contribution < 1.29 is 19.0 Å². The molecule has 0 radical (unpaired) electrons. The first kappa shape index (κ1) is 25.9. The molecule has 1 atom stereocenters. The summed E-state index contributed by atoms with van der Waals surface area (Å²) in [4.78, 5) is 2.17. The lowest BCUT2D eigenvalue weighted by atomic mass is 10.1. The minimum Gasteiger partial charge on any atom is -0.438 e. The third-order valence-corrected chi connectivity index (χ3v) is 5.72. The fraction of sp³-hybridized carbons (Fsp3) is 0.444. The summed E-state index contributed by atoms with van der Waals surface area (Å²) < 4.78 is 27.3. The molecule has 0 saturated heterocycles.